The lowest BCUT2D eigenvalue weighted by molar-refractivity contribution is -0.119. The van der Waals surface area contributed by atoms with Gasteiger partial charge in [0.15, 0.2) is 11.6 Å². The number of benzene rings is 2. The smallest absolute Gasteiger partial charge is 0.274 e. The zero-order chi connectivity index (χ0) is 21.8. The lowest BCUT2D eigenvalue weighted by Crippen LogP contribution is -2.33. The molecule has 0 fully saturated rings. The van der Waals surface area contributed by atoms with E-state index >= 15 is 0 Å². The van der Waals surface area contributed by atoms with Gasteiger partial charge >= 0.3 is 0 Å². The third-order valence-electron chi connectivity index (χ3n) is 4.88. The normalized spacial score (nSPS) is 10.8. The van der Waals surface area contributed by atoms with Crippen molar-refractivity contribution in [1.29, 1.82) is 0 Å². The predicted molar refractivity (Wildman–Crippen MR) is 114 cm³/mol. The Balaban J connectivity index is 1.56. The molecule has 0 unspecified atom stereocenters. The molecular formula is C23H21FN4O3. The van der Waals surface area contributed by atoms with Crippen LogP contribution >= 0.6 is 0 Å². The molecule has 4 aromatic rings. The van der Waals surface area contributed by atoms with Crippen LogP contribution in [0.1, 0.15) is 6.92 Å². The molecule has 0 bridgehead atoms. The lowest BCUT2D eigenvalue weighted by Gasteiger charge is -2.21. The molecule has 0 saturated carbocycles. The van der Waals surface area contributed by atoms with E-state index in [0.717, 1.165) is 5.69 Å². The van der Waals surface area contributed by atoms with Gasteiger partial charge in [-0.05, 0) is 49.4 Å². The number of anilines is 1. The molecule has 0 saturated heterocycles. The van der Waals surface area contributed by atoms with Crippen molar-refractivity contribution in [3.05, 3.63) is 72.7 Å². The van der Waals surface area contributed by atoms with Crippen molar-refractivity contribution in [3.63, 3.8) is 0 Å². The summed E-state index contributed by atoms with van der Waals surface area (Å²) >= 11 is 0. The van der Waals surface area contributed by atoms with Crippen molar-refractivity contribution in [2.24, 2.45) is 0 Å². The zero-order valence-corrected chi connectivity index (χ0v) is 17.2. The first-order chi connectivity index (χ1) is 15.1. The van der Waals surface area contributed by atoms with Crippen LogP contribution in [0, 0.1) is 5.82 Å². The van der Waals surface area contributed by atoms with E-state index in [1.807, 2.05) is 37.3 Å². The van der Waals surface area contributed by atoms with Crippen LogP contribution in [0.15, 0.2) is 71.4 Å². The molecule has 4 rings (SSSR count). The van der Waals surface area contributed by atoms with E-state index < -0.39 is 5.82 Å². The van der Waals surface area contributed by atoms with Crippen molar-refractivity contribution in [2.45, 2.75) is 13.5 Å². The maximum atomic E-state index is 14.0. The first-order valence-corrected chi connectivity index (χ1v) is 9.79. The Kier molecular flexibility index (Phi) is 5.79. The van der Waals surface area contributed by atoms with Gasteiger partial charge in [0.1, 0.15) is 12.2 Å². The highest BCUT2D eigenvalue weighted by Gasteiger charge is 2.19. The van der Waals surface area contributed by atoms with Crippen LogP contribution in [0.5, 0.6) is 5.75 Å². The molecule has 158 valence electrons. The number of hydrogen-bond donors (Lipinski definition) is 0. The standard InChI is InChI=1S/C23H21FN4O3/c1-3-28(17-8-5-4-6-9-17)21(29)15-27-13-7-10-19(27)23-25-22(26-31-23)16-11-12-20(30-2)18(24)14-16/h4-14H,3,15H2,1-2H3. The highest BCUT2D eigenvalue weighted by molar-refractivity contribution is 5.93. The summed E-state index contributed by atoms with van der Waals surface area (Å²) in [6.07, 6.45) is 1.78. The van der Waals surface area contributed by atoms with Crippen LogP contribution in [0.3, 0.4) is 0 Å². The molecule has 0 atom stereocenters. The number of para-hydroxylation sites is 1. The molecule has 0 spiro atoms. The third-order valence-corrected chi connectivity index (χ3v) is 4.88. The van der Waals surface area contributed by atoms with Gasteiger partial charge in [0.2, 0.25) is 11.7 Å². The minimum Gasteiger partial charge on any atom is -0.494 e. The van der Waals surface area contributed by atoms with Crippen LogP contribution in [0.25, 0.3) is 23.0 Å². The monoisotopic (exact) mass is 420 g/mol. The Hall–Kier alpha value is -3.94. The van der Waals surface area contributed by atoms with Crippen LogP contribution in [0.2, 0.25) is 0 Å². The number of aromatic nitrogens is 3. The van der Waals surface area contributed by atoms with Gasteiger partial charge in [0.25, 0.3) is 5.89 Å². The molecule has 0 aliphatic rings. The summed E-state index contributed by atoms with van der Waals surface area (Å²) in [5, 5.41) is 3.96. The molecule has 7 nitrogen and oxygen atoms in total. The highest BCUT2D eigenvalue weighted by Crippen LogP contribution is 2.26. The number of ether oxygens (including phenoxy) is 1. The molecule has 2 aromatic carbocycles. The van der Waals surface area contributed by atoms with E-state index in [9.17, 15) is 9.18 Å². The van der Waals surface area contributed by atoms with Crippen LogP contribution in [-0.4, -0.2) is 34.3 Å². The van der Waals surface area contributed by atoms with Gasteiger partial charge in [0, 0.05) is 24.0 Å². The Bertz CT molecular complexity index is 1190. The van der Waals surface area contributed by atoms with Gasteiger partial charge in [-0.15, -0.1) is 0 Å². The number of carbonyl (C=O) groups is 1. The predicted octanol–water partition coefficient (Wildman–Crippen LogP) is 4.41. The number of carbonyl (C=O) groups excluding carboxylic acids is 1. The molecule has 8 heteroatoms. The summed E-state index contributed by atoms with van der Waals surface area (Å²) < 4.78 is 26.1. The van der Waals surface area contributed by atoms with Crippen molar-refractivity contribution in [2.75, 3.05) is 18.6 Å². The number of amides is 1. The number of halogens is 1. The fourth-order valence-corrected chi connectivity index (χ4v) is 3.34. The largest absolute Gasteiger partial charge is 0.494 e. The minimum atomic E-state index is -0.513. The molecule has 0 N–H and O–H groups in total. The summed E-state index contributed by atoms with van der Waals surface area (Å²) in [6, 6.07) is 17.5. The van der Waals surface area contributed by atoms with Crippen molar-refractivity contribution in [3.8, 4) is 28.7 Å². The van der Waals surface area contributed by atoms with E-state index in [4.69, 9.17) is 9.26 Å². The number of likely N-dealkylation sites (N-methyl/N-ethyl adjacent to an activating group) is 1. The Morgan fingerprint density at radius 2 is 1.97 bits per heavy atom. The second-order valence-electron chi connectivity index (χ2n) is 6.77. The maximum Gasteiger partial charge on any atom is 0.274 e. The molecule has 0 aliphatic carbocycles. The van der Waals surface area contributed by atoms with E-state index in [1.165, 1.54) is 19.2 Å². The fraction of sp³-hybridized carbons (Fsp3) is 0.174. The summed E-state index contributed by atoms with van der Waals surface area (Å²) in [5.41, 5.74) is 1.90. The van der Waals surface area contributed by atoms with E-state index in [2.05, 4.69) is 10.1 Å². The van der Waals surface area contributed by atoms with Crippen molar-refractivity contribution >= 4 is 11.6 Å². The average Bonchev–Trinajstić information content (AvgIpc) is 3.44. The van der Waals surface area contributed by atoms with Gasteiger partial charge in [-0.1, -0.05) is 23.4 Å². The number of hydrogen-bond acceptors (Lipinski definition) is 5. The summed E-state index contributed by atoms with van der Waals surface area (Å²) in [4.78, 5) is 19.0. The third kappa shape index (κ3) is 4.18. The Morgan fingerprint density at radius 3 is 2.68 bits per heavy atom. The van der Waals surface area contributed by atoms with Crippen LogP contribution in [0.4, 0.5) is 10.1 Å². The van der Waals surface area contributed by atoms with Crippen LogP contribution < -0.4 is 9.64 Å². The first-order valence-electron chi connectivity index (χ1n) is 9.79. The van der Waals surface area contributed by atoms with Crippen molar-refractivity contribution in [1.82, 2.24) is 14.7 Å². The minimum absolute atomic E-state index is 0.0666. The number of nitrogens with zero attached hydrogens (tertiary/aromatic N) is 4. The van der Waals surface area contributed by atoms with Crippen LogP contribution in [-0.2, 0) is 11.3 Å². The van der Waals surface area contributed by atoms with Gasteiger partial charge in [-0.25, -0.2) is 4.39 Å². The Labute approximate surface area is 178 Å². The number of methoxy groups -OCH3 is 1. The van der Waals surface area contributed by atoms with Crippen molar-refractivity contribution < 1.29 is 18.4 Å². The summed E-state index contributed by atoms with van der Waals surface area (Å²) in [7, 11) is 1.40. The molecule has 0 radical (unpaired) electrons. The summed E-state index contributed by atoms with van der Waals surface area (Å²) in [6.45, 7) is 2.59. The average molecular weight is 420 g/mol. The molecule has 2 aromatic heterocycles. The Morgan fingerprint density at radius 1 is 1.16 bits per heavy atom. The maximum absolute atomic E-state index is 14.0. The van der Waals surface area contributed by atoms with E-state index in [-0.39, 0.29) is 29.9 Å². The molecule has 31 heavy (non-hydrogen) atoms. The fourth-order valence-electron chi connectivity index (χ4n) is 3.34. The zero-order valence-electron chi connectivity index (χ0n) is 17.2. The number of rotatable bonds is 7. The quantitative estimate of drug-likeness (QED) is 0.443. The summed E-state index contributed by atoms with van der Waals surface area (Å²) in [5.74, 6) is 0.0460. The molecular weight excluding hydrogens is 399 g/mol. The molecule has 1 amide bonds. The van der Waals surface area contributed by atoms with Gasteiger partial charge in [-0.3, -0.25) is 4.79 Å². The highest BCUT2D eigenvalue weighted by atomic mass is 19.1. The molecule has 0 aliphatic heterocycles. The topological polar surface area (TPSA) is 73.4 Å². The van der Waals surface area contributed by atoms with Gasteiger partial charge < -0.3 is 18.7 Å². The SMILES string of the molecule is CCN(C(=O)Cn1cccc1-c1nc(-c2ccc(OC)c(F)c2)no1)c1ccccc1. The van der Waals surface area contributed by atoms with Gasteiger partial charge in [0.05, 0.1) is 7.11 Å². The van der Waals surface area contributed by atoms with E-state index in [1.54, 1.807) is 33.9 Å². The second-order valence-corrected chi connectivity index (χ2v) is 6.77. The second kappa shape index (κ2) is 8.83. The first kappa shape index (κ1) is 20.3. The lowest BCUT2D eigenvalue weighted by atomic mass is 10.2. The molecule has 2 heterocycles. The van der Waals surface area contributed by atoms with E-state index in [0.29, 0.717) is 17.8 Å². The van der Waals surface area contributed by atoms with Gasteiger partial charge in [-0.2, -0.15) is 4.98 Å².